The van der Waals surface area contributed by atoms with Crippen LogP contribution in [0.2, 0.25) is 0 Å². The number of carbonyl (C=O) groups is 2. The van der Waals surface area contributed by atoms with Crippen molar-refractivity contribution in [1.82, 2.24) is 10.2 Å². The van der Waals surface area contributed by atoms with E-state index in [4.69, 9.17) is 4.74 Å². The van der Waals surface area contributed by atoms with Gasteiger partial charge in [-0.05, 0) is 62.7 Å². The molecule has 2 amide bonds. The third-order valence-corrected chi connectivity index (χ3v) is 5.47. The number of hydrogen-bond donors (Lipinski definition) is 2. The van der Waals surface area contributed by atoms with E-state index in [0.717, 1.165) is 24.8 Å². The van der Waals surface area contributed by atoms with Crippen molar-refractivity contribution in [3.8, 4) is 0 Å². The second-order valence-corrected chi connectivity index (χ2v) is 7.86. The molecule has 6 nitrogen and oxygen atoms in total. The highest BCUT2D eigenvalue weighted by Crippen LogP contribution is 2.19. The zero-order valence-corrected chi connectivity index (χ0v) is 18.0. The minimum absolute atomic E-state index is 0.0715. The molecule has 2 N–H and O–H groups in total. The van der Waals surface area contributed by atoms with Gasteiger partial charge in [-0.15, -0.1) is 0 Å². The number of benzene rings is 2. The van der Waals surface area contributed by atoms with E-state index in [1.54, 1.807) is 24.3 Å². The van der Waals surface area contributed by atoms with Crippen LogP contribution in [0.4, 0.5) is 5.69 Å². The minimum atomic E-state index is -0.401. The molecular formula is C24H31N3O3. The first-order valence-electron chi connectivity index (χ1n) is 10.5. The molecule has 0 aliphatic carbocycles. The highest BCUT2D eigenvalue weighted by atomic mass is 16.5. The van der Waals surface area contributed by atoms with Gasteiger partial charge in [0.25, 0.3) is 11.8 Å². The van der Waals surface area contributed by atoms with Gasteiger partial charge < -0.3 is 20.3 Å². The van der Waals surface area contributed by atoms with Crippen LogP contribution < -0.4 is 10.6 Å². The highest BCUT2D eigenvalue weighted by molar-refractivity contribution is 5.98. The molecule has 1 fully saturated rings. The lowest BCUT2D eigenvalue weighted by molar-refractivity contribution is -0.124. The first-order chi connectivity index (χ1) is 14.5. The maximum atomic E-state index is 12.7. The third kappa shape index (κ3) is 5.68. The summed E-state index contributed by atoms with van der Waals surface area (Å²) in [6.07, 6.45) is 2.23. The van der Waals surface area contributed by atoms with Crippen molar-refractivity contribution in [1.29, 1.82) is 0 Å². The van der Waals surface area contributed by atoms with E-state index >= 15 is 0 Å². The molecule has 0 bridgehead atoms. The quantitative estimate of drug-likeness (QED) is 0.701. The maximum Gasteiger partial charge on any atom is 0.253 e. The maximum absolute atomic E-state index is 12.7. The summed E-state index contributed by atoms with van der Waals surface area (Å²) in [6.45, 7) is 3.24. The Morgan fingerprint density at radius 1 is 1.17 bits per heavy atom. The van der Waals surface area contributed by atoms with Gasteiger partial charge in [0.1, 0.15) is 6.10 Å². The normalized spacial score (nSPS) is 17.0. The molecule has 0 saturated carbocycles. The predicted octanol–water partition coefficient (Wildman–Crippen LogP) is 3.40. The summed E-state index contributed by atoms with van der Waals surface area (Å²) < 4.78 is 5.41. The van der Waals surface area contributed by atoms with Crippen LogP contribution in [0.25, 0.3) is 0 Å². The molecule has 2 atom stereocenters. The largest absolute Gasteiger partial charge is 0.368 e. The molecule has 30 heavy (non-hydrogen) atoms. The van der Waals surface area contributed by atoms with Crippen LogP contribution in [-0.4, -0.2) is 50.1 Å². The van der Waals surface area contributed by atoms with Crippen LogP contribution in [0.3, 0.4) is 0 Å². The van der Waals surface area contributed by atoms with Crippen LogP contribution in [-0.2, 0) is 16.0 Å². The molecule has 6 heteroatoms. The number of carbonyl (C=O) groups excluding carboxylic acids is 2. The van der Waals surface area contributed by atoms with E-state index in [1.165, 1.54) is 5.56 Å². The third-order valence-electron chi connectivity index (χ3n) is 5.47. The Morgan fingerprint density at radius 3 is 2.57 bits per heavy atom. The molecule has 1 saturated heterocycles. The lowest BCUT2D eigenvalue weighted by atomic mass is 10.0. The van der Waals surface area contributed by atoms with Crippen molar-refractivity contribution in [3.63, 3.8) is 0 Å². The molecule has 2 unspecified atom stereocenters. The van der Waals surface area contributed by atoms with Gasteiger partial charge in [-0.1, -0.05) is 37.3 Å². The van der Waals surface area contributed by atoms with Crippen molar-refractivity contribution in [2.45, 2.75) is 38.3 Å². The number of amides is 2. The molecular weight excluding hydrogens is 378 g/mol. The van der Waals surface area contributed by atoms with E-state index in [1.807, 2.05) is 14.1 Å². The average Bonchev–Trinajstić information content (AvgIpc) is 3.29. The lowest BCUT2D eigenvalue weighted by Gasteiger charge is -2.25. The number of ether oxygens (including phenoxy) is 1. The van der Waals surface area contributed by atoms with E-state index in [-0.39, 0.29) is 17.9 Å². The molecule has 160 valence electrons. The van der Waals surface area contributed by atoms with Crippen molar-refractivity contribution in [2.75, 3.05) is 32.6 Å². The summed E-state index contributed by atoms with van der Waals surface area (Å²) in [4.78, 5) is 27.1. The Balaban J connectivity index is 1.62. The topological polar surface area (TPSA) is 70.7 Å². The summed E-state index contributed by atoms with van der Waals surface area (Å²) in [5.74, 6) is -0.325. The first kappa shape index (κ1) is 22.0. The SMILES string of the molecule is CCc1ccc(C(CNC(=O)c2cccc(NC(=O)C3CCCO3)c2)N(C)C)cc1. The van der Waals surface area contributed by atoms with Crippen molar-refractivity contribution >= 4 is 17.5 Å². The van der Waals surface area contributed by atoms with Crippen molar-refractivity contribution < 1.29 is 14.3 Å². The van der Waals surface area contributed by atoms with Gasteiger partial charge in [0, 0.05) is 24.4 Å². The van der Waals surface area contributed by atoms with Crippen LogP contribution in [0.1, 0.15) is 47.3 Å². The average molecular weight is 410 g/mol. The fourth-order valence-electron chi connectivity index (χ4n) is 3.61. The van der Waals surface area contributed by atoms with E-state index in [0.29, 0.717) is 24.4 Å². The molecule has 0 spiro atoms. The molecule has 0 radical (unpaired) electrons. The minimum Gasteiger partial charge on any atom is -0.368 e. The molecule has 3 rings (SSSR count). The molecule has 2 aromatic rings. The summed E-state index contributed by atoms with van der Waals surface area (Å²) in [7, 11) is 4.01. The second kappa shape index (κ2) is 10.4. The van der Waals surface area contributed by atoms with E-state index in [2.05, 4.69) is 46.7 Å². The molecule has 1 aliphatic rings. The predicted molar refractivity (Wildman–Crippen MR) is 119 cm³/mol. The van der Waals surface area contributed by atoms with Crippen molar-refractivity contribution in [2.24, 2.45) is 0 Å². The molecule has 1 heterocycles. The summed E-state index contributed by atoms with van der Waals surface area (Å²) in [5, 5.41) is 5.87. The van der Waals surface area contributed by atoms with Gasteiger partial charge in [-0.3, -0.25) is 9.59 Å². The first-order valence-corrected chi connectivity index (χ1v) is 10.5. The number of hydrogen-bond acceptors (Lipinski definition) is 4. The van der Waals surface area contributed by atoms with E-state index < -0.39 is 6.10 Å². The zero-order chi connectivity index (χ0) is 21.5. The Morgan fingerprint density at radius 2 is 1.93 bits per heavy atom. The Labute approximate surface area is 178 Å². The van der Waals surface area contributed by atoms with E-state index in [9.17, 15) is 9.59 Å². The monoisotopic (exact) mass is 409 g/mol. The number of rotatable bonds is 8. The highest BCUT2D eigenvalue weighted by Gasteiger charge is 2.23. The molecule has 1 aliphatic heterocycles. The second-order valence-electron chi connectivity index (χ2n) is 7.86. The lowest BCUT2D eigenvalue weighted by Crippen LogP contribution is -2.34. The standard InChI is InChI=1S/C24H31N3O3/c1-4-17-10-12-18(13-11-17)21(27(2)3)16-25-23(28)19-7-5-8-20(15-19)26-24(29)22-9-6-14-30-22/h5,7-8,10-13,15,21-22H,4,6,9,14,16H2,1-3H3,(H,25,28)(H,26,29). The van der Waals surface area contributed by atoms with Gasteiger partial charge in [0.15, 0.2) is 0 Å². The number of aryl methyl sites for hydroxylation is 1. The Bertz CT molecular complexity index is 858. The fourth-order valence-corrected chi connectivity index (χ4v) is 3.61. The number of likely N-dealkylation sites (N-methyl/N-ethyl adjacent to an activating group) is 1. The van der Waals surface area contributed by atoms with Crippen LogP contribution in [0.5, 0.6) is 0 Å². The van der Waals surface area contributed by atoms with Crippen LogP contribution in [0, 0.1) is 0 Å². The van der Waals surface area contributed by atoms with Gasteiger partial charge in [0.2, 0.25) is 0 Å². The number of nitrogens with one attached hydrogen (secondary N) is 2. The fraction of sp³-hybridized carbons (Fsp3) is 0.417. The smallest absolute Gasteiger partial charge is 0.253 e. The van der Waals surface area contributed by atoms with Gasteiger partial charge in [-0.25, -0.2) is 0 Å². The Kier molecular flexibility index (Phi) is 7.60. The zero-order valence-electron chi connectivity index (χ0n) is 18.0. The number of nitrogens with zero attached hydrogens (tertiary/aromatic N) is 1. The molecule has 2 aromatic carbocycles. The molecule has 0 aromatic heterocycles. The van der Waals surface area contributed by atoms with Gasteiger partial charge >= 0.3 is 0 Å². The number of anilines is 1. The van der Waals surface area contributed by atoms with Crippen molar-refractivity contribution in [3.05, 3.63) is 65.2 Å². The summed E-state index contributed by atoms with van der Waals surface area (Å²) in [5.41, 5.74) is 3.57. The van der Waals surface area contributed by atoms with Gasteiger partial charge in [0.05, 0.1) is 6.04 Å². The van der Waals surface area contributed by atoms with Crippen LogP contribution >= 0.6 is 0 Å². The van der Waals surface area contributed by atoms with Gasteiger partial charge in [-0.2, -0.15) is 0 Å². The summed E-state index contributed by atoms with van der Waals surface area (Å²) >= 11 is 0. The Hall–Kier alpha value is -2.70. The summed E-state index contributed by atoms with van der Waals surface area (Å²) in [6, 6.07) is 15.6. The van der Waals surface area contributed by atoms with Crippen LogP contribution in [0.15, 0.2) is 48.5 Å².